The molecule has 2 aromatic heterocycles. The third kappa shape index (κ3) is 5.88. The zero-order chi connectivity index (χ0) is 18.9. The number of carbonyl (C=O) groups is 1. The maximum absolute atomic E-state index is 12.4. The van der Waals surface area contributed by atoms with Crippen LogP contribution in [0.1, 0.15) is 33.9 Å². The summed E-state index contributed by atoms with van der Waals surface area (Å²) in [6.45, 7) is 2.95. The second kappa shape index (κ2) is 9.43. The summed E-state index contributed by atoms with van der Waals surface area (Å²) in [4.78, 5) is 25.3. The van der Waals surface area contributed by atoms with Gasteiger partial charge < -0.3 is 10.6 Å². The van der Waals surface area contributed by atoms with Crippen LogP contribution < -0.4 is 10.6 Å². The first kappa shape index (κ1) is 18.5. The highest BCUT2D eigenvalue weighted by Crippen LogP contribution is 2.07. The molecule has 1 amide bonds. The van der Waals surface area contributed by atoms with Gasteiger partial charge in [0.1, 0.15) is 5.69 Å². The third-order valence-corrected chi connectivity index (χ3v) is 4.01. The lowest BCUT2D eigenvalue weighted by molar-refractivity contribution is 0.0948. The molecule has 0 atom stereocenters. The molecular formula is C21H23N5O. The fourth-order valence-corrected chi connectivity index (χ4v) is 2.67. The van der Waals surface area contributed by atoms with Gasteiger partial charge in [-0.25, -0.2) is 9.97 Å². The second-order valence-corrected chi connectivity index (χ2v) is 6.24. The maximum Gasteiger partial charge on any atom is 0.270 e. The molecule has 2 heterocycles. The van der Waals surface area contributed by atoms with Crippen LogP contribution in [-0.2, 0) is 13.0 Å². The van der Waals surface area contributed by atoms with Crippen LogP contribution in [0, 0.1) is 6.92 Å². The molecule has 0 bridgehead atoms. The molecule has 0 aliphatic carbocycles. The number of aromatic nitrogens is 3. The summed E-state index contributed by atoms with van der Waals surface area (Å²) >= 11 is 0. The van der Waals surface area contributed by atoms with Crippen LogP contribution in [0.25, 0.3) is 0 Å². The second-order valence-electron chi connectivity index (χ2n) is 6.24. The largest absolute Gasteiger partial charge is 0.351 e. The van der Waals surface area contributed by atoms with E-state index in [4.69, 9.17) is 0 Å². The molecule has 0 aliphatic rings. The van der Waals surface area contributed by atoms with E-state index in [-0.39, 0.29) is 5.91 Å². The predicted molar refractivity (Wildman–Crippen MR) is 105 cm³/mol. The van der Waals surface area contributed by atoms with Crippen LogP contribution in [-0.4, -0.2) is 27.4 Å². The van der Waals surface area contributed by atoms with Crippen LogP contribution >= 0.6 is 0 Å². The molecular weight excluding hydrogens is 338 g/mol. The van der Waals surface area contributed by atoms with E-state index in [1.807, 2.05) is 43.3 Å². The molecule has 0 unspecified atom stereocenters. The Hall–Kier alpha value is -3.28. The van der Waals surface area contributed by atoms with Gasteiger partial charge in [-0.2, -0.15) is 0 Å². The van der Waals surface area contributed by atoms with Crippen molar-refractivity contribution in [3.8, 4) is 0 Å². The molecule has 0 aliphatic heterocycles. The fraction of sp³-hybridized carbons (Fsp3) is 0.238. The summed E-state index contributed by atoms with van der Waals surface area (Å²) in [5.41, 5.74) is 3.26. The number of nitrogens with zero attached hydrogens (tertiary/aromatic N) is 3. The van der Waals surface area contributed by atoms with E-state index < -0.39 is 0 Å². The van der Waals surface area contributed by atoms with Crippen LogP contribution in [0.2, 0.25) is 0 Å². The van der Waals surface area contributed by atoms with E-state index in [1.165, 1.54) is 5.56 Å². The molecule has 0 radical (unpaired) electrons. The minimum Gasteiger partial charge on any atom is -0.351 e. The third-order valence-electron chi connectivity index (χ3n) is 4.01. The normalized spacial score (nSPS) is 10.4. The Kier molecular flexibility index (Phi) is 6.46. The van der Waals surface area contributed by atoms with Crippen molar-refractivity contribution >= 4 is 11.9 Å². The van der Waals surface area contributed by atoms with Crippen LogP contribution in [0.4, 0.5) is 5.95 Å². The maximum atomic E-state index is 12.4. The predicted octanol–water partition coefficient (Wildman–Crippen LogP) is 3.15. The number of pyridine rings is 1. The molecule has 27 heavy (non-hydrogen) atoms. The van der Waals surface area contributed by atoms with Gasteiger partial charge in [0.2, 0.25) is 5.95 Å². The van der Waals surface area contributed by atoms with Gasteiger partial charge in [0, 0.05) is 18.4 Å². The number of rotatable bonds is 8. The van der Waals surface area contributed by atoms with E-state index in [1.54, 1.807) is 12.3 Å². The number of hydrogen-bond acceptors (Lipinski definition) is 5. The molecule has 3 aromatic rings. The lowest BCUT2D eigenvalue weighted by atomic mass is 10.1. The van der Waals surface area contributed by atoms with E-state index in [9.17, 15) is 4.79 Å². The monoisotopic (exact) mass is 361 g/mol. The zero-order valence-electron chi connectivity index (χ0n) is 15.4. The van der Waals surface area contributed by atoms with Gasteiger partial charge in [0.25, 0.3) is 5.91 Å². The fourth-order valence-electron chi connectivity index (χ4n) is 2.67. The van der Waals surface area contributed by atoms with Gasteiger partial charge in [-0.1, -0.05) is 36.4 Å². The van der Waals surface area contributed by atoms with Gasteiger partial charge in [0.05, 0.1) is 12.2 Å². The summed E-state index contributed by atoms with van der Waals surface area (Å²) in [6.07, 6.45) is 3.55. The highest BCUT2D eigenvalue weighted by molar-refractivity contribution is 5.92. The average molecular weight is 361 g/mol. The number of hydrogen-bond donors (Lipinski definition) is 2. The lowest BCUT2D eigenvalue weighted by Crippen LogP contribution is -2.26. The molecule has 6 nitrogen and oxygen atoms in total. The van der Waals surface area contributed by atoms with Gasteiger partial charge in [0.15, 0.2) is 0 Å². The first-order valence-electron chi connectivity index (χ1n) is 9.02. The summed E-state index contributed by atoms with van der Waals surface area (Å²) < 4.78 is 0. The highest BCUT2D eigenvalue weighted by atomic mass is 16.1. The van der Waals surface area contributed by atoms with Crippen LogP contribution in [0.5, 0.6) is 0 Å². The average Bonchev–Trinajstić information content (AvgIpc) is 2.71. The Morgan fingerprint density at radius 1 is 1.04 bits per heavy atom. The summed E-state index contributed by atoms with van der Waals surface area (Å²) in [7, 11) is 0. The van der Waals surface area contributed by atoms with E-state index in [2.05, 4.69) is 37.7 Å². The zero-order valence-corrected chi connectivity index (χ0v) is 15.4. The molecule has 6 heteroatoms. The number of aryl methyl sites for hydroxylation is 2. The standard InChI is InChI=1S/C21H23N5O/c1-16-14-19(20(27)23-13-7-10-17-8-3-2-4-9-17)26-21(25-16)24-15-18-11-5-6-12-22-18/h2-6,8-9,11-12,14H,7,10,13,15H2,1H3,(H,23,27)(H,24,25,26). The number of anilines is 1. The van der Waals surface area contributed by atoms with Crippen molar-refractivity contribution in [2.75, 3.05) is 11.9 Å². The quantitative estimate of drug-likeness (QED) is 0.603. The van der Waals surface area contributed by atoms with Gasteiger partial charge in [-0.3, -0.25) is 9.78 Å². The minimum atomic E-state index is -0.186. The molecule has 0 fully saturated rings. The Morgan fingerprint density at radius 2 is 1.85 bits per heavy atom. The first-order chi connectivity index (χ1) is 13.2. The summed E-state index contributed by atoms with van der Waals surface area (Å²) in [6, 6.07) is 17.6. The SMILES string of the molecule is Cc1cc(C(=O)NCCCc2ccccc2)nc(NCc2ccccn2)n1. The van der Waals surface area contributed by atoms with E-state index in [0.717, 1.165) is 24.2 Å². The number of benzene rings is 1. The van der Waals surface area contributed by atoms with Crippen LogP contribution in [0.3, 0.4) is 0 Å². The van der Waals surface area contributed by atoms with Gasteiger partial charge in [-0.15, -0.1) is 0 Å². The first-order valence-corrected chi connectivity index (χ1v) is 9.02. The molecule has 138 valence electrons. The number of amides is 1. The Morgan fingerprint density at radius 3 is 2.63 bits per heavy atom. The van der Waals surface area contributed by atoms with Gasteiger partial charge in [-0.05, 0) is 43.5 Å². The van der Waals surface area contributed by atoms with Crippen molar-refractivity contribution in [3.05, 3.63) is 83.4 Å². The van der Waals surface area contributed by atoms with Crippen molar-refractivity contribution in [3.63, 3.8) is 0 Å². The summed E-state index contributed by atoms with van der Waals surface area (Å²) in [5, 5.41) is 6.05. The minimum absolute atomic E-state index is 0.186. The number of nitrogens with one attached hydrogen (secondary N) is 2. The number of carbonyl (C=O) groups excluding carboxylic acids is 1. The molecule has 3 rings (SSSR count). The molecule has 2 N–H and O–H groups in total. The molecule has 0 saturated heterocycles. The Labute approximate surface area is 159 Å². The van der Waals surface area contributed by atoms with Crippen molar-refractivity contribution in [2.45, 2.75) is 26.3 Å². The van der Waals surface area contributed by atoms with E-state index in [0.29, 0.717) is 24.7 Å². The highest BCUT2D eigenvalue weighted by Gasteiger charge is 2.10. The van der Waals surface area contributed by atoms with Crippen molar-refractivity contribution in [1.82, 2.24) is 20.3 Å². The van der Waals surface area contributed by atoms with Crippen molar-refractivity contribution in [1.29, 1.82) is 0 Å². The Balaban J connectivity index is 1.52. The van der Waals surface area contributed by atoms with Gasteiger partial charge >= 0.3 is 0 Å². The molecule has 0 saturated carbocycles. The van der Waals surface area contributed by atoms with Crippen molar-refractivity contribution < 1.29 is 4.79 Å². The smallest absolute Gasteiger partial charge is 0.270 e. The topological polar surface area (TPSA) is 79.8 Å². The lowest BCUT2D eigenvalue weighted by Gasteiger charge is -2.09. The molecule has 1 aromatic carbocycles. The van der Waals surface area contributed by atoms with E-state index >= 15 is 0 Å². The summed E-state index contributed by atoms with van der Waals surface area (Å²) in [5.74, 6) is 0.240. The van der Waals surface area contributed by atoms with Crippen molar-refractivity contribution in [2.24, 2.45) is 0 Å². The van der Waals surface area contributed by atoms with Crippen LogP contribution in [0.15, 0.2) is 60.8 Å². The molecule has 0 spiro atoms. The Bertz CT molecular complexity index is 868.